The van der Waals surface area contributed by atoms with Crippen LogP contribution in [0.25, 0.3) is 11.1 Å². The SMILES string of the molecule is COc1ccc(-c2c(O)csc2N)cc1. The molecule has 0 bridgehead atoms. The van der Waals surface area contributed by atoms with E-state index in [0.717, 1.165) is 11.3 Å². The second-order valence-electron chi connectivity index (χ2n) is 3.09. The molecule has 0 saturated heterocycles. The first-order chi connectivity index (χ1) is 7.22. The Kier molecular flexibility index (Phi) is 2.51. The van der Waals surface area contributed by atoms with Crippen molar-refractivity contribution in [2.75, 3.05) is 12.8 Å². The van der Waals surface area contributed by atoms with Gasteiger partial charge in [0, 0.05) is 5.38 Å². The van der Waals surface area contributed by atoms with Crippen LogP contribution in [0.1, 0.15) is 0 Å². The fraction of sp³-hybridized carbons (Fsp3) is 0.0909. The van der Waals surface area contributed by atoms with Gasteiger partial charge in [0.15, 0.2) is 0 Å². The molecular formula is C11H11NO2S. The maximum Gasteiger partial charge on any atom is 0.136 e. The van der Waals surface area contributed by atoms with Crippen LogP contribution in [0.2, 0.25) is 0 Å². The molecule has 0 unspecified atom stereocenters. The highest BCUT2D eigenvalue weighted by atomic mass is 32.1. The van der Waals surface area contributed by atoms with Crippen molar-refractivity contribution < 1.29 is 9.84 Å². The van der Waals surface area contributed by atoms with Gasteiger partial charge in [-0.1, -0.05) is 12.1 Å². The fourth-order valence-corrected chi connectivity index (χ4v) is 2.11. The molecule has 4 heteroatoms. The lowest BCUT2D eigenvalue weighted by atomic mass is 10.1. The van der Waals surface area contributed by atoms with Crippen LogP contribution in [0.5, 0.6) is 11.5 Å². The highest BCUT2D eigenvalue weighted by Gasteiger charge is 2.10. The van der Waals surface area contributed by atoms with Crippen molar-refractivity contribution in [1.29, 1.82) is 0 Å². The average Bonchev–Trinajstić information content (AvgIpc) is 2.59. The zero-order chi connectivity index (χ0) is 10.8. The zero-order valence-corrected chi connectivity index (χ0v) is 9.04. The van der Waals surface area contributed by atoms with E-state index in [2.05, 4.69) is 0 Å². The van der Waals surface area contributed by atoms with Crippen molar-refractivity contribution in [3.8, 4) is 22.6 Å². The first kappa shape index (κ1) is 9.86. The summed E-state index contributed by atoms with van der Waals surface area (Å²) in [5.74, 6) is 1.01. The summed E-state index contributed by atoms with van der Waals surface area (Å²) < 4.78 is 5.06. The van der Waals surface area contributed by atoms with Crippen LogP contribution >= 0.6 is 11.3 Å². The van der Waals surface area contributed by atoms with E-state index in [1.807, 2.05) is 24.3 Å². The van der Waals surface area contributed by atoms with E-state index in [0.29, 0.717) is 10.6 Å². The maximum absolute atomic E-state index is 9.61. The topological polar surface area (TPSA) is 55.5 Å². The molecule has 1 heterocycles. The highest BCUT2D eigenvalue weighted by Crippen LogP contribution is 2.39. The summed E-state index contributed by atoms with van der Waals surface area (Å²) in [6.45, 7) is 0. The van der Waals surface area contributed by atoms with Crippen molar-refractivity contribution >= 4 is 16.3 Å². The Morgan fingerprint density at radius 2 is 1.93 bits per heavy atom. The molecule has 0 aliphatic carbocycles. The Labute approximate surface area is 91.7 Å². The van der Waals surface area contributed by atoms with E-state index >= 15 is 0 Å². The van der Waals surface area contributed by atoms with E-state index in [9.17, 15) is 5.11 Å². The Morgan fingerprint density at radius 1 is 1.27 bits per heavy atom. The van der Waals surface area contributed by atoms with E-state index in [-0.39, 0.29) is 5.75 Å². The molecule has 78 valence electrons. The first-order valence-corrected chi connectivity index (χ1v) is 5.30. The molecule has 2 rings (SSSR count). The second kappa shape index (κ2) is 3.82. The average molecular weight is 221 g/mol. The lowest BCUT2D eigenvalue weighted by Crippen LogP contribution is -1.85. The van der Waals surface area contributed by atoms with Crippen molar-refractivity contribution in [1.82, 2.24) is 0 Å². The minimum Gasteiger partial charge on any atom is -0.506 e. The van der Waals surface area contributed by atoms with Crippen LogP contribution in [0.15, 0.2) is 29.6 Å². The van der Waals surface area contributed by atoms with Crippen LogP contribution in [0.3, 0.4) is 0 Å². The molecule has 15 heavy (non-hydrogen) atoms. The van der Waals surface area contributed by atoms with Crippen molar-refractivity contribution in [2.45, 2.75) is 0 Å². The number of nitrogens with two attached hydrogens (primary N) is 1. The van der Waals surface area contributed by atoms with Gasteiger partial charge in [0.05, 0.1) is 17.7 Å². The molecule has 0 saturated carbocycles. The molecule has 0 radical (unpaired) electrons. The summed E-state index contributed by atoms with van der Waals surface area (Å²) in [4.78, 5) is 0. The molecule has 0 atom stereocenters. The third-order valence-electron chi connectivity index (χ3n) is 2.18. The standard InChI is InChI=1S/C11H11NO2S/c1-14-8-4-2-7(3-5-8)10-9(13)6-15-11(10)12/h2-6,13H,12H2,1H3. The van der Waals surface area contributed by atoms with Gasteiger partial charge in [0.1, 0.15) is 11.5 Å². The van der Waals surface area contributed by atoms with Gasteiger partial charge in [0.2, 0.25) is 0 Å². The van der Waals surface area contributed by atoms with Gasteiger partial charge >= 0.3 is 0 Å². The lowest BCUT2D eigenvalue weighted by Gasteiger charge is -2.03. The number of aromatic hydroxyl groups is 1. The van der Waals surface area contributed by atoms with Crippen molar-refractivity contribution in [3.63, 3.8) is 0 Å². The molecule has 0 aliphatic heterocycles. The van der Waals surface area contributed by atoms with Crippen LogP contribution < -0.4 is 10.5 Å². The molecular weight excluding hydrogens is 210 g/mol. The van der Waals surface area contributed by atoms with E-state index in [4.69, 9.17) is 10.5 Å². The number of nitrogen functional groups attached to an aromatic ring is 1. The summed E-state index contributed by atoms with van der Waals surface area (Å²) in [5, 5.41) is 11.9. The highest BCUT2D eigenvalue weighted by molar-refractivity contribution is 7.15. The minimum atomic E-state index is 0.225. The molecule has 0 spiro atoms. The van der Waals surface area contributed by atoms with E-state index in [1.54, 1.807) is 12.5 Å². The number of hydrogen-bond donors (Lipinski definition) is 2. The summed E-state index contributed by atoms with van der Waals surface area (Å²) in [7, 11) is 1.62. The van der Waals surface area contributed by atoms with Gasteiger partial charge in [-0.05, 0) is 17.7 Å². The third-order valence-corrected chi connectivity index (χ3v) is 2.98. The quantitative estimate of drug-likeness (QED) is 0.819. The monoisotopic (exact) mass is 221 g/mol. The van der Waals surface area contributed by atoms with Crippen molar-refractivity contribution in [2.24, 2.45) is 0 Å². The summed E-state index contributed by atoms with van der Waals surface area (Å²) in [5.41, 5.74) is 7.36. The Bertz CT molecular complexity index is 442. The fourth-order valence-electron chi connectivity index (χ4n) is 1.41. The smallest absolute Gasteiger partial charge is 0.136 e. The number of methoxy groups -OCH3 is 1. The van der Waals surface area contributed by atoms with Crippen molar-refractivity contribution in [3.05, 3.63) is 29.6 Å². The first-order valence-electron chi connectivity index (χ1n) is 4.42. The number of hydrogen-bond acceptors (Lipinski definition) is 4. The van der Waals surface area contributed by atoms with Crippen LogP contribution in [0, 0.1) is 0 Å². The van der Waals surface area contributed by atoms with Crippen LogP contribution in [-0.2, 0) is 0 Å². The van der Waals surface area contributed by atoms with E-state index < -0.39 is 0 Å². The van der Waals surface area contributed by atoms with Gasteiger partial charge in [-0.3, -0.25) is 0 Å². The predicted molar refractivity (Wildman–Crippen MR) is 62.4 cm³/mol. The van der Waals surface area contributed by atoms with Crippen LogP contribution in [0.4, 0.5) is 5.00 Å². The van der Waals surface area contributed by atoms with E-state index in [1.165, 1.54) is 11.3 Å². The molecule has 3 N–H and O–H groups in total. The normalized spacial score (nSPS) is 10.2. The third kappa shape index (κ3) is 1.76. The molecule has 1 aromatic heterocycles. The molecule has 0 fully saturated rings. The molecule has 0 aliphatic rings. The summed E-state index contributed by atoms with van der Waals surface area (Å²) in [6, 6.07) is 7.42. The lowest BCUT2D eigenvalue weighted by molar-refractivity contribution is 0.415. The summed E-state index contributed by atoms with van der Waals surface area (Å²) in [6.07, 6.45) is 0. The molecule has 0 amide bonds. The molecule has 1 aromatic carbocycles. The number of ether oxygens (including phenoxy) is 1. The maximum atomic E-state index is 9.61. The Hall–Kier alpha value is -1.68. The Morgan fingerprint density at radius 3 is 2.40 bits per heavy atom. The predicted octanol–water partition coefficient (Wildman–Crippen LogP) is 2.71. The van der Waals surface area contributed by atoms with Gasteiger partial charge < -0.3 is 15.6 Å². The largest absolute Gasteiger partial charge is 0.506 e. The Balaban J connectivity index is 2.45. The van der Waals surface area contributed by atoms with Gasteiger partial charge in [-0.25, -0.2) is 0 Å². The summed E-state index contributed by atoms with van der Waals surface area (Å²) >= 11 is 1.33. The van der Waals surface area contributed by atoms with Crippen LogP contribution in [-0.4, -0.2) is 12.2 Å². The zero-order valence-electron chi connectivity index (χ0n) is 8.23. The van der Waals surface area contributed by atoms with Gasteiger partial charge in [0.25, 0.3) is 0 Å². The number of thiophene rings is 1. The number of benzene rings is 1. The molecule has 2 aromatic rings. The van der Waals surface area contributed by atoms with Gasteiger partial charge in [-0.15, -0.1) is 11.3 Å². The van der Waals surface area contributed by atoms with Gasteiger partial charge in [-0.2, -0.15) is 0 Å². The second-order valence-corrected chi connectivity index (χ2v) is 4.00. The number of rotatable bonds is 2. The molecule has 3 nitrogen and oxygen atoms in total. The number of anilines is 1. The minimum absolute atomic E-state index is 0.225.